The Labute approximate surface area is 150 Å². The second-order valence-corrected chi connectivity index (χ2v) is 6.14. The number of para-hydroxylation sites is 1. The Bertz CT molecular complexity index is 870. The van der Waals surface area contributed by atoms with Crippen molar-refractivity contribution < 1.29 is 9.53 Å². The number of amides is 1. The fraction of sp³-hybridized carbons (Fsp3) is 0.105. The third kappa shape index (κ3) is 3.48. The van der Waals surface area contributed by atoms with Crippen molar-refractivity contribution in [3.63, 3.8) is 0 Å². The molecule has 1 amide bonds. The lowest BCUT2D eigenvalue weighted by Crippen LogP contribution is -2.30. The van der Waals surface area contributed by atoms with Crippen LogP contribution in [0.2, 0.25) is 10.0 Å². The van der Waals surface area contributed by atoms with Crippen LogP contribution in [0.3, 0.4) is 0 Å². The SMILES string of the molecule is C[C@@H](Oc1cccc2ccccc12)C(=O)Nc1c(Cl)cccc1Cl. The molecule has 1 atom stereocenters. The van der Waals surface area contributed by atoms with Crippen LogP contribution in [0.25, 0.3) is 10.8 Å². The molecule has 0 aromatic heterocycles. The molecule has 3 aromatic rings. The number of anilines is 1. The first-order valence-electron chi connectivity index (χ1n) is 7.45. The van der Waals surface area contributed by atoms with Gasteiger partial charge in [0.05, 0.1) is 15.7 Å². The third-order valence-corrected chi connectivity index (χ3v) is 4.26. The van der Waals surface area contributed by atoms with E-state index in [2.05, 4.69) is 5.32 Å². The van der Waals surface area contributed by atoms with Gasteiger partial charge in [-0.25, -0.2) is 0 Å². The molecule has 0 heterocycles. The monoisotopic (exact) mass is 359 g/mol. The van der Waals surface area contributed by atoms with Crippen molar-refractivity contribution in [3.05, 3.63) is 70.7 Å². The number of hydrogen-bond donors (Lipinski definition) is 1. The van der Waals surface area contributed by atoms with Gasteiger partial charge >= 0.3 is 0 Å². The summed E-state index contributed by atoms with van der Waals surface area (Å²) >= 11 is 12.2. The van der Waals surface area contributed by atoms with Gasteiger partial charge in [-0.05, 0) is 30.5 Å². The number of hydrogen-bond acceptors (Lipinski definition) is 2. The van der Waals surface area contributed by atoms with Gasteiger partial charge in [-0.3, -0.25) is 4.79 Å². The summed E-state index contributed by atoms with van der Waals surface area (Å²) in [6, 6.07) is 18.6. The minimum Gasteiger partial charge on any atom is -0.480 e. The smallest absolute Gasteiger partial charge is 0.265 e. The Balaban J connectivity index is 1.79. The first-order valence-corrected chi connectivity index (χ1v) is 8.21. The van der Waals surface area contributed by atoms with Gasteiger partial charge in [0.1, 0.15) is 5.75 Å². The van der Waals surface area contributed by atoms with Crippen LogP contribution in [-0.4, -0.2) is 12.0 Å². The molecule has 0 radical (unpaired) electrons. The van der Waals surface area contributed by atoms with Gasteiger partial charge in [0.15, 0.2) is 6.10 Å². The first-order chi connectivity index (χ1) is 11.6. The molecule has 0 bridgehead atoms. The van der Waals surface area contributed by atoms with E-state index < -0.39 is 6.10 Å². The lowest BCUT2D eigenvalue weighted by molar-refractivity contribution is -0.122. The molecule has 3 aromatic carbocycles. The zero-order valence-electron chi connectivity index (χ0n) is 12.9. The number of carbonyl (C=O) groups excluding carboxylic acids is 1. The molecule has 24 heavy (non-hydrogen) atoms. The maximum absolute atomic E-state index is 12.4. The summed E-state index contributed by atoms with van der Waals surface area (Å²) in [7, 11) is 0. The van der Waals surface area contributed by atoms with Crippen molar-refractivity contribution in [2.45, 2.75) is 13.0 Å². The molecule has 0 aliphatic heterocycles. The topological polar surface area (TPSA) is 38.3 Å². The summed E-state index contributed by atoms with van der Waals surface area (Å²) in [5.41, 5.74) is 0.388. The van der Waals surface area contributed by atoms with Gasteiger partial charge in [-0.15, -0.1) is 0 Å². The molecule has 0 saturated carbocycles. The van der Waals surface area contributed by atoms with E-state index in [-0.39, 0.29) is 5.91 Å². The van der Waals surface area contributed by atoms with Crippen LogP contribution in [0, 0.1) is 0 Å². The molecule has 3 rings (SSSR count). The van der Waals surface area contributed by atoms with Gasteiger partial charge in [-0.2, -0.15) is 0 Å². The van der Waals surface area contributed by atoms with E-state index in [0.29, 0.717) is 21.5 Å². The summed E-state index contributed by atoms with van der Waals surface area (Å²) in [6.45, 7) is 1.68. The zero-order valence-corrected chi connectivity index (χ0v) is 14.4. The highest BCUT2D eigenvalue weighted by Gasteiger charge is 2.18. The van der Waals surface area contributed by atoms with Crippen LogP contribution in [0.4, 0.5) is 5.69 Å². The Morgan fingerprint density at radius 2 is 1.58 bits per heavy atom. The second kappa shape index (κ2) is 7.12. The number of rotatable bonds is 4. The van der Waals surface area contributed by atoms with Crippen molar-refractivity contribution in [1.82, 2.24) is 0 Å². The lowest BCUT2D eigenvalue weighted by Gasteiger charge is -2.17. The Hall–Kier alpha value is -2.23. The predicted octanol–water partition coefficient (Wildman–Crippen LogP) is 5.55. The molecule has 0 unspecified atom stereocenters. The van der Waals surface area contributed by atoms with Gasteiger partial charge in [0.25, 0.3) is 5.91 Å². The number of carbonyl (C=O) groups is 1. The fourth-order valence-electron chi connectivity index (χ4n) is 2.38. The van der Waals surface area contributed by atoms with Crippen molar-refractivity contribution in [2.75, 3.05) is 5.32 Å². The maximum Gasteiger partial charge on any atom is 0.265 e. The Morgan fingerprint density at radius 1 is 0.958 bits per heavy atom. The second-order valence-electron chi connectivity index (χ2n) is 5.32. The number of ether oxygens (including phenoxy) is 1. The van der Waals surface area contributed by atoms with E-state index in [1.54, 1.807) is 25.1 Å². The van der Waals surface area contributed by atoms with Crippen LogP contribution >= 0.6 is 23.2 Å². The molecule has 0 saturated heterocycles. The van der Waals surface area contributed by atoms with Crippen molar-refractivity contribution in [3.8, 4) is 5.75 Å². The minimum atomic E-state index is -0.705. The van der Waals surface area contributed by atoms with E-state index in [9.17, 15) is 4.79 Å². The number of benzene rings is 3. The normalized spacial score (nSPS) is 12.0. The Morgan fingerprint density at radius 3 is 2.33 bits per heavy atom. The van der Waals surface area contributed by atoms with Crippen LogP contribution in [0.1, 0.15) is 6.92 Å². The molecule has 0 spiro atoms. The van der Waals surface area contributed by atoms with Crippen LogP contribution in [-0.2, 0) is 4.79 Å². The molecule has 0 aliphatic rings. The van der Waals surface area contributed by atoms with Gasteiger partial charge in [0.2, 0.25) is 0 Å². The van der Waals surface area contributed by atoms with E-state index in [1.165, 1.54) is 0 Å². The van der Waals surface area contributed by atoms with Crippen LogP contribution in [0.5, 0.6) is 5.75 Å². The van der Waals surface area contributed by atoms with E-state index in [0.717, 1.165) is 10.8 Å². The van der Waals surface area contributed by atoms with E-state index in [1.807, 2.05) is 42.5 Å². The summed E-state index contributed by atoms with van der Waals surface area (Å²) < 4.78 is 5.84. The van der Waals surface area contributed by atoms with Gasteiger partial charge in [0, 0.05) is 5.39 Å². The molecule has 122 valence electrons. The number of halogens is 2. The fourth-order valence-corrected chi connectivity index (χ4v) is 2.88. The highest BCUT2D eigenvalue weighted by molar-refractivity contribution is 6.39. The summed E-state index contributed by atoms with van der Waals surface area (Å²) in [5.74, 6) is 0.332. The van der Waals surface area contributed by atoms with Gasteiger partial charge in [-0.1, -0.05) is 65.7 Å². The molecular weight excluding hydrogens is 345 g/mol. The largest absolute Gasteiger partial charge is 0.480 e. The molecule has 5 heteroatoms. The predicted molar refractivity (Wildman–Crippen MR) is 99.1 cm³/mol. The molecule has 1 N–H and O–H groups in total. The minimum absolute atomic E-state index is 0.321. The molecule has 0 aliphatic carbocycles. The van der Waals surface area contributed by atoms with Crippen LogP contribution in [0.15, 0.2) is 60.7 Å². The van der Waals surface area contributed by atoms with Crippen molar-refractivity contribution >= 4 is 45.6 Å². The van der Waals surface area contributed by atoms with E-state index >= 15 is 0 Å². The lowest BCUT2D eigenvalue weighted by atomic mass is 10.1. The molecule has 0 fully saturated rings. The Kier molecular flexibility index (Phi) is 4.93. The summed E-state index contributed by atoms with van der Waals surface area (Å²) in [4.78, 5) is 12.4. The summed E-state index contributed by atoms with van der Waals surface area (Å²) in [5, 5.41) is 5.49. The standard InChI is InChI=1S/C19H15Cl2NO2/c1-12(19(23)22-18-15(20)9-5-10-16(18)21)24-17-11-4-7-13-6-2-3-8-14(13)17/h2-12H,1H3,(H,22,23)/t12-/m1/s1. The van der Waals surface area contributed by atoms with E-state index in [4.69, 9.17) is 27.9 Å². The molecular formula is C19H15Cl2NO2. The quantitative estimate of drug-likeness (QED) is 0.662. The van der Waals surface area contributed by atoms with Crippen LogP contribution < -0.4 is 10.1 Å². The average molecular weight is 360 g/mol. The zero-order chi connectivity index (χ0) is 17.1. The number of nitrogens with one attached hydrogen (secondary N) is 1. The first kappa shape index (κ1) is 16.6. The number of fused-ring (bicyclic) bond motifs is 1. The average Bonchev–Trinajstić information content (AvgIpc) is 2.58. The highest BCUT2D eigenvalue weighted by Crippen LogP contribution is 2.30. The highest BCUT2D eigenvalue weighted by atomic mass is 35.5. The summed E-state index contributed by atoms with van der Waals surface area (Å²) in [6.07, 6.45) is -0.705. The maximum atomic E-state index is 12.4. The van der Waals surface area contributed by atoms with Crippen molar-refractivity contribution in [1.29, 1.82) is 0 Å². The van der Waals surface area contributed by atoms with Gasteiger partial charge < -0.3 is 10.1 Å². The third-order valence-electron chi connectivity index (χ3n) is 3.63. The molecule has 3 nitrogen and oxygen atoms in total. The van der Waals surface area contributed by atoms with Crippen molar-refractivity contribution in [2.24, 2.45) is 0 Å².